The number of carboxylic acid groups (broad SMARTS) is 1. The first-order valence-electron chi connectivity index (χ1n) is 11.5. The maximum atomic E-state index is 11.2. The summed E-state index contributed by atoms with van der Waals surface area (Å²) in [4.78, 5) is 26.0. The highest BCUT2D eigenvalue weighted by molar-refractivity contribution is 5.73. The van der Waals surface area contributed by atoms with Crippen LogP contribution in [0.25, 0.3) is 28.2 Å². The molecule has 1 aromatic carbocycles. The first-order chi connectivity index (χ1) is 16.1. The first kappa shape index (κ1) is 25.0. The Bertz CT molecular complexity index is 1130. The van der Waals surface area contributed by atoms with Gasteiger partial charge in [-0.15, -0.1) is 0 Å². The number of hydrogen-bond acceptors (Lipinski definition) is 5. The summed E-state index contributed by atoms with van der Waals surface area (Å²) in [5.74, 6) is 0.514. The molecule has 34 heavy (non-hydrogen) atoms. The minimum atomic E-state index is -0.944. The summed E-state index contributed by atoms with van der Waals surface area (Å²) in [6, 6.07) is 11.9. The van der Waals surface area contributed by atoms with Crippen LogP contribution in [-0.2, 0) is 4.79 Å². The van der Waals surface area contributed by atoms with E-state index < -0.39 is 11.4 Å². The van der Waals surface area contributed by atoms with Crippen LogP contribution in [0.2, 0.25) is 0 Å². The SMILES string of the molecule is CCC(C)N(C)/C=C(\C)c1cnc(-c2ccc(-c3ccc(OCC(C)(C)C(=O)O)cc3)nc2)[nH]1. The maximum absolute atomic E-state index is 11.2. The van der Waals surface area contributed by atoms with Gasteiger partial charge in [0.05, 0.1) is 23.0 Å². The summed E-state index contributed by atoms with van der Waals surface area (Å²) in [5, 5.41) is 9.21. The highest BCUT2D eigenvalue weighted by Crippen LogP contribution is 2.25. The number of carbonyl (C=O) groups is 1. The molecule has 7 nitrogen and oxygen atoms in total. The molecule has 3 aromatic rings. The molecular weight excluding hydrogens is 428 g/mol. The Hall–Kier alpha value is -3.61. The lowest BCUT2D eigenvalue weighted by molar-refractivity contribution is -0.148. The zero-order chi connectivity index (χ0) is 24.9. The van der Waals surface area contributed by atoms with Crippen molar-refractivity contribution in [3.05, 3.63) is 60.7 Å². The second-order valence-corrected chi connectivity index (χ2v) is 9.31. The Morgan fingerprint density at radius 1 is 1.15 bits per heavy atom. The van der Waals surface area contributed by atoms with E-state index in [4.69, 9.17) is 4.74 Å². The Labute approximate surface area is 201 Å². The molecule has 0 aliphatic heterocycles. The Morgan fingerprint density at radius 2 is 1.82 bits per heavy atom. The third kappa shape index (κ3) is 6.04. The zero-order valence-electron chi connectivity index (χ0n) is 20.8. The van der Waals surface area contributed by atoms with E-state index in [0.717, 1.165) is 40.3 Å². The van der Waals surface area contributed by atoms with Crippen LogP contribution in [0.15, 0.2) is 55.0 Å². The molecule has 1 atom stereocenters. The van der Waals surface area contributed by atoms with Crippen molar-refractivity contribution in [3.8, 4) is 28.4 Å². The molecule has 0 amide bonds. The highest BCUT2D eigenvalue weighted by Gasteiger charge is 2.28. The molecule has 0 saturated carbocycles. The third-order valence-corrected chi connectivity index (χ3v) is 6.05. The lowest BCUT2D eigenvalue weighted by atomic mass is 9.95. The van der Waals surface area contributed by atoms with E-state index in [2.05, 4.69) is 53.9 Å². The van der Waals surface area contributed by atoms with Crippen molar-refractivity contribution in [1.29, 1.82) is 0 Å². The van der Waals surface area contributed by atoms with Gasteiger partial charge in [0.1, 0.15) is 18.2 Å². The molecular formula is C27H34N4O3. The fourth-order valence-corrected chi connectivity index (χ4v) is 3.21. The number of aromatic nitrogens is 3. The molecule has 0 fully saturated rings. The molecule has 0 radical (unpaired) electrons. The van der Waals surface area contributed by atoms with Crippen LogP contribution in [-0.4, -0.2) is 50.6 Å². The van der Waals surface area contributed by atoms with Gasteiger partial charge in [-0.25, -0.2) is 4.98 Å². The number of nitrogens with zero attached hydrogens (tertiary/aromatic N) is 3. The van der Waals surface area contributed by atoms with Crippen molar-refractivity contribution in [2.75, 3.05) is 13.7 Å². The van der Waals surface area contributed by atoms with Crippen molar-refractivity contribution < 1.29 is 14.6 Å². The van der Waals surface area contributed by atoms with Gasteiger partial charge in [-0.1, -0.05) is 6.92 Å². The number of imidazole rings is 1. The average molecular weight is 463 g/mol. The van der Waals surface area contributed by atoms with Gasteiger partial charge in [0.15, 0.2) is 0 Å². The molecule has 3 rings (SSSR count). The van der Waals surface area contributed by atoms with Crippen LogP contribution in [0.4, 0.5) is 0 Å². The van der Waals surface area contributed by atoms with Crippen LogP contribution in [0.1, 0.15) is 46.7 Å². The third-order valence-electron chi connectivity index (χ3n) is 6.05. The van der Waals surface area contributed by atoms with Crippen molar-refractivity contribution in [3.63, 3.8) is 0 Å². The average Bonchev–Trinajstić information content (AvgIpc) is 3.33. The summed E-state index contributed by atoms with van der Waals surface area (Å²) in [5.41, 5.74) is 3.85. The summed E-state index contributed by atoms with van der Waals surface area (Å²) < 4.78 is 5.64. The number of nitrogens with one attached hydrogen (secondary N) is 1. The Kier molecular flexibility index (Phi) is 7.76. The highest BCUT2D eigenvalue weighted by atomic mass is 16.5. The fourth-order valence-electron chi connectivity index (χ4n) is 3.21. The van der Waals surface area contributed by atoms with Crippen molar-refractivity contribution in [1.82, 2.24) is 19.9 Å². The molecule has 2 heterocycles. The first-order valence-corrected chi connectivity index (χ1v) is 11.5. The predicted molar refractivity (Wildman–Crippen MR) is 135 cm³/mol. The van der Waals surface area contributed by atoms with E-state index >= 15 is 0 Å². The van der Waals surface area contributed by atoms with Gasteiger partial charge in [-0.2, -0.15) is 0 Å². The number of ether oxygens (including phenoxy) is 1. The molecule has 0 spiro atoms. The molecule has 7 heteroatoms. The van der Waals surface area contributed by atoms with Gasteiger partial charge in [-0.3, -0.25) is 9.78 Å². The van der Waals surface area contributed by atoms with E-state index in [1.54, 1.807) is 13.8 Å². The molecule has 0 aliphatic carbocycles. The van der Waals surface area contributed by atoms with Crippen LogP contribution in [0.5, 0.6) is 5.75 Å². The summed E-state index contributed by atoms with van der Waals surface area (Å²) >= 11 is 0. The zero-order valence-corrected chi connectivity index (χ0v) is 20.8. The Balaban J connectivity index is 1.68. The number of aromatic amines is 1. The predicted octanol–water partition coefficient (Wildman–Crippen LogP) is 5.72. The molecule has 2 N–H and O–H groups in total. The van der Waals surface area contributed by atoms with Gasteiger partial charge < -0.3 is 19.7 Å². The van der Waals surface area contributed by atoms with Crippen molar-refractivity contribution in [2.24, 2.45) is 5.41 Å². The number of rotatable bonds is 10. The van der Waals surface area contributed by atoms with E-state index in [9.17, 15) is 9.90 Å². The Morgan fingerprint density at radius 3 is 2.41 bits per heavy atom. The number of H-pyrrole nitrogens is 1. The largest absolute Gasteiger partial charge is 0.492 e. The topological polar surface area (TPSA) is 91.3 Å². The molecule has 0 saturated heterocycles. The van der Waals surface area contributed by atoms with Crippen LogP contribution < -0.4 is 4.74 Å². The van der Waals surface area contributed by atoms with Crippen LogP contribution in [0, 0.1) is 5.41 Å². The summed E-state index contributed by atoms with van der Waals surface area (Å²) in [6.45, 7) is 9.84. The number of pyridine rings is 1. The van der Waals surface area contributed by atoms with Crippen LogP contribution in [0.3, 0.4) is 0 Å². The maximum Gasteiger partial charge on any atom is 0.312 e. The molecule has 0 aliphatic rings. The normalized spacial score (nSPS) is 12.9. The lowest BCUT2D eigenvalue weighted by Gasteiger charge is -2.22. The van der Waals surface area contributed by atoms with Crippen LogP contribution >= 0.6 is 0 Å². The summed E-state index contributed by atoms with van der Waals surface area (Å²) in [7, 11) is 2.09. The smallest absolute Gasteiger partial charge is 0.312 e. The second kappa shape index (κ2) is 10.5. The molecule has 2 aromatic heterocycles. The monoisotopic (exact) mass is 462 g/mol. The molecule has 1 unspecified atom stereocenters. The van der Waals surface area contributed by atoms with Gasteiger partial charge in [0, 0.05) is 36.6 Å². The van der Waals surface area contributed by atoms with Gasteiger partial charge in [-0.05, 0) is 76.1 Å². The number of carboxylic acids is 1. The quantitative estimate of drug-likeness (QED) is 0.400. The van der Waals surface area contributed by atoms with E-state index in [1.165, 1.54) is 0 Å². The number of aliphatic carboxylic acids is 1. The second-order valence-electron chi connectivity index (χ2n) is 9.31. The van der Waals surface area contributed by atoms with Crippen molar-refractivity contribution in [2.45, 2.75) is 47.1 Å². The van der Waals surface area contributed by atoms with E-state index in [1.807, 2.05) is 48.8 Å². The van der Waals surface area contributed by atoms with Gasteiger partial charge in [0.25, 0.3) is 0 Å². The minimum Gasteiger partial charge on any atom is -0.492 e. The fraction of sp³-hybridized carbons (Fsp3) is 0.370. The van der Waals surface area contributed by atoms with E-state index in [-0.39, 0.29) is 6.61 Å². The number of hydrogen-bond donors (Lipinski definition) is 2. The summed E-state index contributed by atoms with van der Waals surface area (Å²) in [6.07, 6.45) is 6.89. The molecule has 0 bridgehead atoms. The van der Waals surface area contributed by atoms with Gasteiger partial charge in [0.2, 0.25) is 0 Å². The number of allylic oxidation sites excluding steroid dienone is 1. The van der Waals surface area contributed by atoms with E-state index in [0.29, 0.717) is 11.8 Å². The van der Waals surface area contributed by atoms with Crippen molar-refractivity contribution >= 4 is 11.5 Å². The molecule has 180 valence electrons. The van der Waals surface area contributed by atoms with Gasteiger partial charge >= 0.3 is 5.97 Å². The number of benzene rings is 1. The minimum absolute atomic E-state index is 0.0995. The lowest BCUT2D eigenvalue weighted by Crippen LogP contribution is -2.30. The standard InChI is InChI=1S/C27H34N4O3/c1-7-19(3)31(6)16-18(2)24-15-29-25(30-24)21-10-13-23(28-14-21)20-8-11-22(12-9-20)34-17-27(4,5)26(32)33/h8-16,19H,7,17H2,1-6H3,(H,29,30)(H,32,33)/b18-16+.